The number of hydrogen-bond acceptors (Lipinski definition) is 32. The Kier molecular flexibility index (Phi) is 31.9. The number of carbonyl (C=O) groups is 9. The molecule has 716 valence electrons. The molecule has 6 aromatic rings. The summed E-state index contributed by atoms with van der Waals surface area (Å²) in [5.74, 6) is -16.8. The number of nitrogens with two attached hydrogens (primary N) is 2. The van der Waals surface area contributed by atoms with E-state index in [1.165, 1.54) is 32.2 Å². The number of anilines is 1. The van der Waals surface area contributed by atoms with Crippen molar-refractivity contribution in [1.82, 2.24) is 68.1 Å². The molecule has 16 unspecified atom stereocenters. The number of rotatable bonds is 25. The monoisotopic (exact) mass is 1910 g/mol. The molecule has 3 saturated heterocycles. The first-order valence-corrected chi connectivity index (χ1v) is 43.4. The van der Waals surface area contributed by atoms with Crippen molar-refractivity contribution in [3.63, 3.8) is 0 Å². The first-order chi connectivity index (χ1) is 62.3. The average Bonchev–Trinajstić information content (AvgIpc) is 0.763. The number of nitrogens with one attached hydrogen (secondary N) is 12. The zero-order valence-corrected chi connectivity index (χ0v) is 73.1. The molecule has 25 N–H and O–H groups in total. The molecule has 132 heavy (non-hydrogen) atoms. The number of ether oxygens (including phenoxy) is 7. The van der Waals surface area contributed by atoms with E-state index in [0.717, 1.165) is 84.9 Å². The Morgan fingerprint density at radius 1 is 0.720 bits per heavy atom. The molecule has 10 amide bonds. The number of hydroxylamine groups is 1. The number of carbonyl (C=O) groups excluding carboxylic acids is 9. The van der Waals surface area contributed by atoms with Gasteiger partial charge in [0, 0.05) is 80.7 Å². The molecular weight excluding hydrogens is 1820 g/mol. The normalized spacial score (nSPS) is 26.4. The van der Waals surface area contributed by atoms with Gasteiger partial charge in [0.05, 0.1) is 47.9 Å². The molecule has 8 aliphatic heterocycles. The molecule has 44 nitrogen and oxygen atoms in total. The zero-order valence-electron chi connectivity index (χ0n) is 70.8. The number of benzene rings is 6. The first kappa shape index (κ1) is 99.6. The summed E-state index contributed by atoms with van der Waals surface area (Å²) in [6.07, 6.45) is -24.4. The highest BCUT2D eigenvalue weighted by Crippen LogP contribution is 2.50. The summed E-state index contributed by atoms with van der Waals surface area (Å²) in [6.45, 7) is 6.60. The summed E-state index contributed by atoms with van der Waals surface area (Å²) in [6, 6.07) is 2.48. The average molecular weight is 1920 g/mol. The molecule has 6 aromatic carbocycles. The van der Waals surface area contributed by atoms with E-state index in [9.17, 15) is 86.7 Å². The fraction of sp³-hybridized carbons (Fsp3) is 0.451. The third kappa shape index (κ3) is 24.4. The van der Waals surface area contributed by atoms with Crippen molar-refractivity contribution in [2.24, 2.45) is 16.8 Å². The Bertz CT molecular complexity index is 5410. The van der Waals surface area contributed by atoms with Crippen molar-refractivity contribution in [2.45, 2.75) is 163 Å². The van der Waals surface area contributed by atoms with Gasteiger partial charge in [0.2, 0.25) is 53.4 Å². The molecule has 0 radical (unpaired) electrons. The van der Waals surface area contributed by atoms with Gasteiger partial charge >= 0.3 is 12.4 Å². The molecular formula is C82H99Cl2F3N16O28S. The predicted octanol–water partition coefficient (Wildman–Crippen LogP) is -0.254. The second kappa shape index (κ2) is 42.2. The van der Waals surface area contributed by atoms with Gasteiger partial charge in [-0.15, -0.1) is 13.2 Å². The van der Waals surface area contributed by atoms with Gasteiger partial charge < -0.3 is 133 Å². The van der Waals surface area contributed by atoms with Crippen LogP contribution < -0.4 is 93.3 Å². The third-order valence-corrected chi connectivity index (χ3v) is 23.6. The van der Waals surface area contributed by atoms with Crippen LogP contribution in [0.15, 0.2) is 103 Å². The Morgan fingerprint density at radius 2 is 1.35 bits per heavy atom. The number of amides is 10. The van der Waals surface area contributed by atoms with Gasteiger partial charge in [0.1, 0.15) is 101 Å². The number of phenols is 3. The summed E-state index contributed by atoms with van der Waals surface area (Å²) in [5, 5.41) is 136. The summed E-state index contributed by atoms with van der Waals surface area (Å²) >= 11 is 14.4. The molecule has 18 atom stereocenters. The van der Waals surface area contributed by atoms with Gasteiger partial charge in [0.25, 0.3) is 16.1 Å². The van der Waals surface area contributed by atoms with E-state index in [2.05, 4.69) is 58.0 Å². The minimum absolute atomic E-state index is 0.141. The number of urea groups is 1. The maximum atomic E-state index is 16.4. The number of alkyl halides is 3. The largest absolute Gasteiger partial charge is 0.573 e. The highest BCUT2D eigenvalue weighted by molar-refractivity contribution is 7.87. The number of likely N-dealkylation sites (N-methyl/N-ethyl adjacent to an activating group) is 1. The van der Waals surface area contributed by atoms with Gasteiger partial charge in [-0.3, -0.25) is 53.5 Å². The van der Waals surface area contributed by atoms with E-state index < -0.39 is 295 Å². The fourth-order valence-corrected chi connectivity index (χ4v) is 16.5. The minimum atomic E-state index is -4.92. The maximum absolute atomic E-state index is 16.4. The van der Waals surface area contributed by atoms with Gasteiger partial charge in [-0.1, -0.05) is 55.2 Å². The van der Waals surface area contributed by atoms with E-state index in [1.807, 2.05) is 15.1 Å². The van der Waals surface area contributed by atoms with Crippen LogP contribution in [0.1, 0.15) is 105 Å². The lowest BCUT2D eigenvalue weighted by atomic mass is 9.85. The van der Waals surface area contributed by atoms with Gasteiger partial charge in [-0.05, 0) is 140 Å². The van der Waals surface area contributed by atoms with Crippen LogP contribution in [0, 0.1) is 5.92 Å². The van der Waals surface area contributed by atoms with Crippen LogP contribution in [0.3, 0.4) is 0 Å². The van der Waals surface area contributed by atoms with Crippen molar-refractivity contribution in [2.75, 3.05) is 71.4 Å². The van der Waals surface area contributed by atoms with E-state index in [0.29, 0.717) is 32.7 Å². The number of hydrogen-bond donors (Lipinski definition) is 23. The molecule has 50 heteroatoms. The minimum Gasteiger partial charge on any atom is -0.508 e. The highest BCUT2D eigenvalue weighted by atomic mass is 35.5. The second-order valence-electron chi connectivity index (χ2n) is 32.4. The van der Waals surface area contributed by atoms with Crippen molar-refractivity contribution in [1.29, 1.82) is 0 Å². The van der Waals surface area contributed by atoms with Crippen molar-refractivity contribution in [3.8, 4) is 62.9 Å². The van der Waals surface area contributed by atoms with Crippen LogP contribution in [0.4, 0.5) is 23.7 Å². The lowest BCUT2D eigenvalue weighted by Crippen LogP contribution is -2.66. The smallest absolute Gasteiger partial charge is 0.508 e. The van der Waals surface area contributed by atoms with Crippen LogP contribution in [0.5, 0.6) is 51.7 Å². The number of aliphatic hydroxyl groups excluding tert-OH is 6. The Labute approximate surface area is 760 Å². The summed E-state index contributed by atoms with van der Waals surface area (Å²) in [7, 11) is -2.85. The lowest BCUT2D eigenvalue weighted by Gasteiger charge is -2.48. The molecule has 8 aliphatic rings. The molecule has 0 aromatic heterocycles. The van der Waals surface area contributed by atoms with Gasteiger partial charge in [0.15, 0.2) is 23.9 Å². The number of aliphatic hydroxyl groups is 6. The lowest BCUT2D eigenvalue weighted by molar-refractivity contribution is -0.334. The highest BCUT2D eigenvalue weighted by Gasteiger charge is 2.53. The topological polar surface area (TPSA) is 647 Å². The molecule has 0 spiro atoms. The van der Waals surface area contributed by atoms with Crippen LogP contribution >= 0.6 is 23.2 Å². The van der Waals surface area contributed by atoms with E-state index in [4.69, 9.17) is 67.3 Å². The SMILES string of the molecule is CNC(CC(C)C)C(=O)NC1C(=O)NC(CC(N)=O)C(=O)NC2C(=O)NC3C(=O)NC(C(=O)N[C@@H](C(=O)NOCCNS(N)(=O)=O)c4cc(O)cc(O)c4-c4cc3ccc4O)C(O)c3ccc(c(Cl)c3)Oc3cc2cc(c3OC2OC(CO)C(O)C(O)C2OC2C[C@@](C)(NCCN3CCN(NC(=O)Nc4ccc(OC(F)(F)F)cc4)CC3)C(O)C(C)O2)Oc2ccc(cc2Cl)C1O. The third-order valence-electron chi connectivity index (χ3n) is 22.4. The van der Waals surface area contributed by atoms with E-state index >= 15 is 24.0 Å². The fourth-order valence-electron chi connectivity index (χ4n) is 15.7. The molecule has 14 rings (SSSR count). The number of hydrazine groups is 1. The van der Waals surface area contributed by atoms with Crippen molar-refractivity contribution < 1.29 is 149 Å². The Hall–Kier alpha value is -11.4. The van der Waals surface area contributed by atoms with Crippen LogP contribution in [0.2, 0.25) is 10.0 Å². The Balaban J connectivity index is 0.960. The van der Waals surface area contributed by atoms with Crippen LogP contribution in [0.25, 0.3) is 11.1 Å². The number of primary amides is 1. The number of piperazine rings is 1. The van der Waals surface area contributed by atoms with Gasteiger partial charge in [-0.2, -0.15) is 8.42 Å². The van der Waals surface area contributed by atoms with Crippen molar-refractivity contribution in [3.05, 3.63) is 141 Å². The van der Waals surface area contributed by atoms with Crippen LogP contribution in [-0.2, 0) is 67.6 Å². The molecule has 0 aliphatic carbocycles. The zero-order chi connectivity index (χ0) is 95.9. The molecule has 8 heterocycles. The molecule has 3 fully saturated rings. The first-order valence-electron chi connectivity index (χ1n) is 41.1. The van der Waals surface area contributed by atoms with Gasteiger partial charge in [-0.25, -0.2) is 25.1 Å². The number of fused-ring (bicyclic) bond motifs is 15. The summed E-state index contributed by atoms with van der Waals surface area (Å²) in [4.78, 5) is 141. The number of aromatic hydroxyl groups is 3. The molecule has 0 saturated carbocycles. The number of nitrogens with zero attached hydrogens (tertiary/aromatic N) is 2. The van der Waals surface area contributed by atoms with Crippen LogP contribution in [-0.4, -0.2) is 269 Å². The predicted molar refractivity (Wildman–Crippen MR) is 454 cm³/mol. The van der Waals surface area contributed by atoms with E-state index in [-0.39, 0.29) is 42.1 Å². The molecule has 11 bridgehead atoms. The number of phenolic OH excluding ortho intramolecular Hbond substituents is 3. The second-order valence-corrected chi connectivity index (χ2v) is 34.6. The van der Waals surface area contributed by atoms with E-state index in [1.54, 1.807) is 25.8 Å². The quantitative estimate of drug-likeness (QED) is 0.0259. The summed E-state index contributed by atoms with van der Waals surface area (Å²) < 4.78 is 107. The maximum Gasteiger partial charge on any atom is 0.573 e. The summed E-state index contributed by atoms with van der Waals surface area (Å²) in [5.41, 5.74) is 6.25. The standard InChI is InChI=1S/C82H99Cl2F3N16O28S/c1-35(2)24-48(90-5)72(114)98-63-65(109)38-7-14-52(46(83)26-38)126-54-28-40-29-55(69(54)130-79-70(68(112)67(111)56(34-104)128-79)129-58-33-81(4,71(113)36(3)125-58)91-16-18-102-19-21-103(22-20-102)100-80(121)93-41-9-11-43(12-10-41)131-82(85,86)87)127-53-15-8-39(27-47(53)84)66(110)64-77(119)97-62(78(120)101-124-23-17-92-132(89,122)123)45-30-42(105)31-51(107)59(45)44-25-37(6-13-50(44)106)60(74(116)99-64)96-75(117)61(40)95-73(115)49(32-57(88)108)94-76(63)118/h6-15,25-31,35-36,48-49,56,58,60-68,70-71,79,90-92,104-107,109-113H,16-24,32-34H2,1-5H3,(H2,88,108)(H,94,118)(H,95,115)(H,96,117)(H,97,119)(H,98,114)(H,99,116)(H,101,120)(H2,89,122,123)(H2,93,100,121)/t36?,48?,49?,56?,58?,60?,61?,62-,63?,64?,65?,66?,67?,68?,70?,71?,79?,81-/m1/s1. The Morgan fingerprint density at radius 3 is 1.96 bits per heavy atom. The number of halogens is 5. The van der Waals surface area contributed by atoms with Crippen molar-refractivity contribution >= 4 is 92.4 Å².